The van der Waals surface area contributed by atoms with Crippen LogP contribution < -0.4 is 0 Å². The van der Waals surface area contributed by atoms with Gasteiger partial charge in [-0.15, -0.1) is 0 Å². The molecule has 3 aromatic heterocycles. The zero-order valence-electron chi connectivity index (χ0n) is 18.8. The first-order valence-electron chi connectivity index (χ1n) is 10.5. The lowest BCUT2D eigenvalue weighted by Gasteiger charge is -2.06. The molecule has 5 aromatic rings. The average Bonchev–Trinajstić information content (AvgIpc) is 3.45. The number of hydrogen-bond acceptors (Lipinski definition) is 3. The summed E-state index contributed by atoms with van der Waals surface area (Å²) in [5, 5.41) is 1.73. The van der Waals surface area contributed by atoms with E-state index in [1.54, 1.807) is 24.0 Å². The van der Waals surface area contributed by atoms with E-state index >= 15 is 0 Å². The molecule has 0 radical (unpaired) electrons. The van der Waals surface area contributed by atoms with Crippen molar-refractivity contribution in [2.24, 2.45) is 7.05 Å². The smallest absolute Gasteiger partial charge is 0.230 e. The zero-order valence-corrected chi connectivity index (χ0v) is 18.8. The summed E-state index contributed by atoms with van der Waals surface area (Å²) in [5.41, 5.74) is 7.88. The summed E-state index contributed by atoms with van der Waals surface area (Å²) in [6, 6.07) is 8.11. The number of imidazole rings is 1. The van der Waals surface area contributed by atoms with E-state index in [1.165, 1.54) is 6.20 Å². The topological polar surface area (TPSA) is 83.5 Å². The van der Waals surface area contributed by atoms with Crippen LogP contribution in [0.4, 0.5) is 0 Å². The maximum atomic E-state index is 13.4. The molecule has 5 rings (SSSR count). The fraction of sp³-hybridized carbons (Fsp3) is 0.192. The van der Waals surface area contributed by atoms with E-state index in [2.05, 4.69) is 15.0 Å². The number of aryl methyl sites for hydroxylation is 4. The third-order valence-corrected chi connectivity index (χ3v) is 6.51. The van der Waals surface area contributed by atoms with Gasteiger partial charge in [-0.05, 0) is 74.2 Å². The molecule has 0 aliphatic carbocycles. The lowest BCUT2D eigenvalue weighted by Crippen LogP contribution is -2.13. The van der Waals surface area contributed by atoms with Crippen molar-refractivity contribution < 1.29 is 9.59 Å². The van der Waals surface area contributed by atoms with E-state index in [-0.39, 0.29) is 17.4 Å². The van der Waals surface area contributed by atoms with Gasteiger partial charge in [0.2, 0.25) is 11.6 Å². The van der Waals surface area contributed by atoms with Gasteiger partial charge >= 0.3 is 0 Å². The maximum absolute atomic E-state index is 13.4. The molecule has 0 spiro atoms. The molecule has 160 valence electrons. The number of carbonyl (C=O) groups excluding carboxylic acids is 2. The zero-order chi connectivity index (χ0) is 22.7. The number of nitrogens with zero attached hydrogens (tertiary/aromatic N) is 2. The number of aromatic nitrogens is 4. The lowest BCUT2D eigenvalue weighted by atomic mass is 10.0. The van der Waals surface area contributed by atoms with Gasteiger partial charge in [-0.1, -0.05) is 0 Å². The Balaban J connectivity index is 1.55. The molecule has 2 N–H and O–H groups in total. The van der Waals surface area contributed by atoms with Gasteiger partial charge in [0.15, 0.2) is 5.82 Å². The Kier molecular flexibility index (Phi) is 4.41. The minimum Gasteiger partial charge on any atom is -0.360 e. The number of fused-ring (bicyclic) bond motifs is 2. The van der Waals surface area contributed by atoms with Crippen LogP contribution in [-0.4, -0.2) is 31.1 Å². The molecular formula is C26H24N4O2. The number of ketones is 2. The summed E-state index contributed by atoms with van der Waals surface area (Å²) in [5.74, 6) is -0.148. The Morgan fingerprint density at radius 2 is 1.22 bits per heavy atom. The average molecular weight is 425 g/mol. The van der Waals surface area contributed by atoms with Crippen molar-refractivity contribution >= 4 is 33.4 Å². The van der Waals surface area contributed by atoms with Gasteiger partial charge in [0, 0.05) is 46.8 Å². The van der Waals surface area contributed by atoms with Crippen LogP contribution in [0.2, 0.25) is 0 Å². The first-order chi connectivity index (χ1) is 15.3. The monoisotopic (exact) mass is 424 g/mol. The summed E-state index contributed by atoms with van der Waals surface area (Å²) < 4.78 is 1.59. The highest BCUT2D eigenvalue weighted by Crippen LogP contribution is 2.27. The van der Waals surface area contributed by atoms with Gasteiger partial charge < -0.3 is 14.5 Å². The SMILES string of the molecule is Cc1cc2[nH]cc(C(=O)c3cnc(C(=O)c4c[nH]c5cc(C)c(C)cc45)n3C)c2cc1C. The van der Waals surface area contributed by atoms with Crippen LogP contribution in [0.15, 0.2) is 42.9 Å². The number of H-pyrrole nitrogens is 2. The van der Waals surface area contributed by atoms with E-state index in [9.17, 15) is 9.59 Å². The predicted molar refractivity (Wildman–Crippen MR) is 126 cm³/mol. The van der Waals surface area contributed by atoms with Crippen molar-refractivity contribution in [1.29, 1.82) is 0 Å². The van der Waals surface area contributed by atoms with Crippen LogP contribution in [0.1, 0.15) is 54.5 Å². The number of carbonyl (C=O) groups is 2. The van der Waals surface area contributed by atoms with Crippen molar-refractivity contribution in [2.75, 3.05) is 0 Å². The highest BCUT2D eigenvalue weighted by Gasteiger charge is 2.24. The summed E-state index contributed by atoms with van der Waals surface area (Å²) in [4.78, 5) is 37.4. The molecular weight excluding hydrogens is 400 g/mol. The quantitative estimate of drug-likeness (QED) is 0.395. The Bertz CT molecular complexity index is 1450. The molecule has 0 saturated heterocycles. The lowest BCUT2D eigenvalue weighted by molar-refractivity contribution is 0.102. The van der Waals surface area contributed by atoms with Crippen LogP contribution in [0, 0.1) is 27.7 Å². The molecule has 32 heavy (non-hydrogen) atoms. The minimum atomic E-state index is -0.216. The molecule has 6 heteroatoms. The number of rotatable bonds is 4. The molecule has 0 unspecified atom stereocenters. The number of hydrogen-bond donors (Lipinski definition) is 2. The van der Waals surface area contributed by atoms with Crippen molar-refractivity contribution in [1.82, 2.24) is 19.5 Å². The molecule has 0 bridgehead atoms. The van der Waals surface area contributed by atoms with Crippen molar-refractivity contribution in [2.45, 2.75) is 27.7 Å². The van der Waals surface area contributed by atoms with E-state index in [0.29, 0.717) is 16.8 Å². The van der Waals surface area contributed by atoms with Crippen LogP contribution in [0.5, 0.6) is 0 Å². The third kappa shape index (κ3) is 2.91. The van der Waals surface area contributed by atoms with E-state index in [1.807, 2.05) is 52.0 Å². The van der Waals surface area contributed by atoms with Crippen LogP contribution in [-0.2, 0) is 7.05 Å². The molecule has 0 aliphatic rings. The van der Waals surface area contributed by atoms with Gasteiger partial charge in [0.1, 0.15) is 5.69 Å². The van der Waals surface area contributed by atoms with E-state index < -0.39 is 0 Å². The highest BCUT2D eigenvalue weighted by atomic mass is 16.1. The molecule has 3 heterocycles. The minimum absolute atomic E-state index is 0.168. The number of aromatic amines is 2. The molecule has 0 fully saturated rings. The molecule has 6 nitrogen and oxygen atoms in total. The molecule has 0 aliphatic heterocycles. The standard InChI is InChI=1S/C26H24N4O2/c1-13-6-17-19(10-27-21(17)8-15(13)3)24(31)23-12-29-26(30(23)5)25(32)20-11-28-22-9-16(4)14(2)7-18(20)22/h6-12,27-28H,1-5H3. The molecule has 0 saturated carbocycles. The van der Waals surface area contributed by atoms with Crippen LogP contribution >= 0.6 is 0 Å². The highest BCUT2D eigenvalue weighted by molar-refractivity contribution is 6.18. The normalized spacial score (nSPS) is 11.5. The summed E-state index contributed by atoms with van der Waals surface area (Å²) in [6.07, 6.45) is 4.93. The number of benzene rings is 2. The summed E-state index contributed by atoms with van der Waals surface area (Å²) in [7, 11) is 1.71. The molecule has 0 atom stereocenters. The second-order valence-electron chi connectivity index (χ2n) is 8.55. The van der Waals surface area contributed by atoms with Gasteiger partial charge in [-0.2, -0.15) is 0 Å². The predicted octanol–water partition coefficient (Wildman–Crippen LogP) is 5.08. The summed E-state index contributed by atoms with van der Waals surface area (Å²) >= 11 is 0. The molecule has 2 aromatic carbocycles. The Morgan fingerprint density at radius 1 is 0.750 bits per heavy atom. The van der Waals surface area contributed by atoms with Gasteiger partial charge in [0.05, 0.1) is 11.8 Å². The summed E-state index contributed by atoms with van der Waals surface area (Å²) in [6.45, 7) is 8.14. The van der Waals surface area contributed by atoms with E-state index in [0.717, 1.165) is 44.1 Å². The maximum Gasteiger partial charge on any atom is 0.230 e. The Hall–Kier alpha value is -3.93. The second-order valence-corrected chi connectivity index (χ2v) is 8.55. The van der Waals surface area contributed by atoms with Crippen LogP contribution in [0.3, 0.4) is 0 Å². The van der Waals surface area contributed by atoms with Crippen molar-refractivity contribution in [3.05, 3.63) is 87.8 Å². The first kappa shape index (κ1) is 20.0. The van der Waals surface area contributed by atoms with E-state index in [4.69, 9.17) is 0 Å². The largest absolute Gasteiger partial charge is 0.360 e. The molecule has 0 amide bonds. The Morgan fingerprint density at radius 3 is 1.75 bits per heavy atom. The fourth-order valence-electron chi connectivity index (χ4n) is 4.24. The van der Waals surface area contributed by atoms with Gasteiger partial charge in [-0.3, -0.25) is 9.59 Å². The van der Waals surface area contributed by atoms with Crippen LogP contribution in [0.25, 0.3) is 21.8 Å². The van der Waals surface area contributed by atoms with Crippen molar-refractivity contribution in [3.8, 4) is 0 Å². The third-order valence-electron chi connectivity index (χ3n) is 6.51. The van der Waals surface area contributed by atoms with Gasteiger partial charge in [0.25, 0.3) is 0 Å². The first-order valence-corrected chi connectivity index (χ1v) is 10.5. The van der Waals surface area contributed by atoms with Gasteiger partial charge in [-0.25, -0.2) is 4.98 Å². The second kappa shape index (κ2) is 7.05. The fourth-order valence-corrected chi connectivity index (χ4v) is 4.24. The number of nitrogens with one attached hydrogen (secondary N) is 2. The van der Waals surface area contributed by atoms with Crippen molar-refractivity contribution in [3.63, 3.8) is 0 Å². The Labute approximate surface area is 185 Å².